The molecule has 0 saturated carbocycles. The second-order valence-corrected chi connectivity index (χ2v) is 9.02. The summed E-state index contributed by atoms with van der Waals surface area (Å²) in [5.41, 5.74) is 2.46. The third kappa shape index (κ3) is 3.56. The molecular formula is C20H24FNO2S. The number of sulfonamides is 1. The topological polar surface area (TPSA) is 37.4 Å². The normalized spacial score (nSPS) is 17.6. The molecule has 2 aromatic rings. The average Bonchev–Trinajstić information content (AvgIpc) is 2.54. The minimum Gasteiger partial charge on any atom is -0.263 e. The van der Waals surface area contributed by atoms with Crippen LogP contribution in [-0.2, 0) is 22.9 Å². The van der Waals surface area contributed by atoms with Crippen molar-refractivity contribution in [1.82, 2.24) is 0 Å². The maximum Gasteiger partial charge on any atom is 0.264 e. The molecule has 0 radical (unpaired) electrons. The Hall–Kier alpha value is -1.88. The summed E-state index contributed by atoms with van der Waals surface area (Å²) in [6.45, 7) is 6.13. The van der Waals surface area contributed by atoms with Crippen LogP contribution in [0.1, 0.15) is 38.3 Å². The molecule has 0 N–H and O–H groups in total. The van der Waals surface area contributed by atoms with E-state index in [9.17, 15) is 12.8 Å². The Morgan fingerprint density at radius 1 is 1.16 bits per heavy atom. The molecule has 0 aliphatic carbocycles. The highest BCUT2D eigenvalue weighted by Crippen LogP contribution is 2.35. The molecule has 0 unspecified atom stereocenters. The lowest BCUT2D eigenvalue weighted by Gasteiger charge is -2.36. The molecule has 1 aliphatic rings. The van der Waals surface area contributed by atoms with E-state index in [0.29, 0.717) is 11.6 Å². The zero-order chi connectivity index (χ0) is 18.2. The number of hydrogen-bond acceptors (Lipinski definition) is 2. The largest absolute Gasteiger partial charge is 0.264 e. The van der Waals surface area contributed by atoms with Crippen molar-refractivity contribution in [3.8, 4) is 0 Å². The van der Waals surface area contributed by atoms with Crippen molar-refractivity contribution in [2.24, 2.45) is 5.92 Å². The number of anilines is 1. The number of rotatable bonds is 4. The Morgan fingerprint density at radius 3 is 2.48 bits per heavy atom. The third-order valence-corrected chi connectivity index (χ3v) is 6.58. The Morgan fingerprint density at radius 2 is 1.84 bits per heavy atom. The summed E-state index contributed by atoms with van der Waals surface area (Å²) in [5.74, 6) is 0.0970. The number of halogens is 1. The van der Waals surface area contributed by atoms with Gasteiger partial charge < -0.3 is 0 Å². The van der Waals surface area contributed by atoms with Crippen LogP contribution in [0.5, 0.6) is 0 Å². The Labute approximate surface area is 149 Å². The first-order valence-corrected chi connectivity index (χ1v) is 10.1. The number of fused-ring (bicyclic) bond motifs is 1. The fraction of sp³-hybridized carbons (Fsp3) is 0.400. The zero-order valence-electron chi connectivity index (χ0n) is 14.9. The van der Waals surface area contributed by atoms with Crippen LogP contribution in [0, 0.1) is 11.7 Å². The van der Waals surface area contributed by atoms with Crippen LogP contribution in [0.2, 0.25) is 0 Å². The highest BCUT2D eigenvalue weighted by Gasteiger charge is 2.34. The Kier molecular flexibility index (Phi) is 4.87. The standard InChI is InChI=1S/C20H24FNO2S/c1-14(2)12-16-5-10-19(11-6-16)25(23,24)22-15(3)4-7-17-8-9-18(21)13-20(17)22/h5-6,8-11,13-15H,4,7,12H2,1-3H3/t15-/m1/s1. The van der Waals surface area contributed by atoms with Gasteiger partial charge in [0.2, 0.25) is 0 Å². The molecule has 25 heavy (non-hydrogen) atoms. The SMILES string of the molecule is CC(C)Cc1ccc(S(=O)(=O)N2c3cc(F)ccc3CC[C@H]2C)cc1. The van der Waals surface area contributed by atoms with Crippen LogP contribution in [0.25, 0.3) is 0 Å². The first-order valence-electron chi connectivity index (χ1n) is 8.71. The van der Waals surface area contributed by atoms with Crippen LogP contribution in [0.3, 0.4) is 0 Å². The fourth-order valence-corrected chi connectivity index (χ4v) is 5.14. The molecule has 0 bridgehead atoms. The summed E-state index contributed by atoms with van der Waals surface area (Å²) in [5, 5.41) is 0. The van der Waals surface area contributed by atoms with Gasteiger partial charge in [0.15, 0.2) is 0 Å². The third-order valence-electron chi connectivity index (χ3n) is 4.64. The lowest BCUT2D eigenvalue weighted by molar-refractivity contribution is 0.560. The minimum atomic E-state index is -3.72. The van der Waals surface area contributed by atoms with Gasteiger partial charge in [0.1, 0.15) is 5.82 Å². The number of nitrogens with zero attached hydrogens (tertiary/aromatic N) is 1. The van der Waals surface area contributed by atoms with Crippen molar-refractivity contribution in [3.05, 3.63) is 59.4 Å². The average molecular weight is 361 g/mol. The van der Waals surface area contributed by atoms with E-state index < -0.39 is 15.8 Å². The van der Waals surface area contributed by atoms with E-state index in [4.69, 9.17) is 0 Å². The van der Waals surface area contributed by atoms with Crippen LogP contribution < -0.4 is 4.31 Å². The Bertz CT molecular complexity index is 860. The van der Waals surface area contributed by atoms with Crippen LogP contribution in [0.4, 0.5) is 10.1 Å². The quantitative estimate of drug-likeness (QED) is 0.801. The van der Waals surface area contributed by atoms with E-state index >= 15 is 0 Å². The number of benzene rings is 2. The summed E-state index contributed by atoms with van der Waals surface area (Å²) in [6, 6.07) is 11.3. The van der Waals surface area contributed by atoms with E-state index in [-0.39, 0.29) is 10.9 Å². The highest BCUT2D eigenvalue weighted by atomic mass is 32.2. The van der Waals surface area contributed by atoms with Gasteiger partial charge in [-0.05, 0) is 67.5 Å². The lowest BCUT2D eigenvalue weighted by Crippen LogP contribution is -2.42. The summed E-state index contributed by atoms with van der Waals surface area (Å²) in [7, 11) is -3.72. The molecule has 134 valence electrons. The minimum absolute atomic E-state index is 0.199. The maximum absolute atomic E-state index is 13.7. The summed E-state index contributed by atoms with van der Waals surface area (Å²) >= 11 is 0. The first kappa shape index (κ1) is 17.9. The van der Waals surface area contributed by atoms with Gasteiger partial charge in [-0.25, -0.2) is 12.8 Å². The van der Waals surface area contributed by atoms with Crippen molar-refractivity contribution in [2.45, 2.75) is 51.0 Å². The molecule has 0 aromatic heterocycles. The van der Waals surface area contributed by atoms with E-state index in [2.05, 4.69) is 13.8 Å². The second-order valence-electron chi connectivity index (χ2n) is 7.20. The highest BCUT2D eigenvalue weighted by molar-refractivity contribution is 7.92. The van der Waals surface area contributed by atoms with E-state index in [0.717, 1.165) is 30.4 Å². The van der Waals surface area contributed by atoms with E-state index in [1.165, 1.54) is 16.4 Å². The molecule has 0 fully saturated rings. The lowest BCUT2D eigenvalue weighted by atomic mass is 9.99. The summed E-state index contributed by atoms with van der Waals surface area (Å²) in [4.78, 5) is 0.254. The summed E-state index contributed by atoms with van der Waals surface area (Å²) in [6.07, 6.45) is 2.40. The smallest absolute Gasteiger partial charge is 0.263 e. The molecule has 1 heterocycles. The number of hydrogen-bond donors (Lipinski definition) is 0. The van der Waals surface area contributed by atoms with Gasteiger partial charge >= 0.3 is 0 Å². The molecule has 3 rings (SSSR count). The van der Waals surface area contributed by atoms with Crippen LogP contribution in [-0.4, -0.2) is 14.5 Å². The first-order chi connectivity index (χ1) is 11.8. The van der Waals surface area contributed by atoms with Gasteiger partial charge in [-0.15, -0.1) is 0 Å². The number of aryl methyl sites for hydroxylation is 1. The summed E-state index contributed by atoms with van der Waals surface area (Å²) < 4.78 is 41.5. The van der Waals surface area contributed by atoms with Crippen molar-refractivity contribution < 1.29 is 12.8 Å². The molecule has 5 heteroatoms. The van der Waals surface area contributed by atoms with Crippen LogP contribution >= 0.6 is 0 Å². The molecule has 0 spiro atoms. The maximum atomic E-state index is 13.7. The molecule has 1 aliphatic heterocycles. The van der Waals surface area contributed by atoms with Gasteiger partial charge in [0.05, 0.1) is 10.6 Å². The molecule has 0 saturated heterocycles. The molecule has 2 aromatic carbocycles. The molecule has 1 atom stereocenters. The monoisotopic (exact) mass is 361 g/mol. The Balaban J connectivity index is 2.01. The van der Waals surface area contributed by atoms with Crippen molar-refractivity contribution in [3.63, 3.8) is 0 Å². The predicted molar refractivity (Wildman–Crippen MR) is 98.8 cm³/mol. The van der Waals surface area contributed by atoms with E-state index in [1.54, 1.807) is 18.2 Å². The van der Waals surface area contributed by atoms with Gasteiger partial charge in [0.25, 0.3) is 10.0 Å². The van der Waals surface area contributed by atoms with Crippen LogP contribution in [0.15, 0.2) is 47.4 Å². The zero-order valence-corrected chi connectivity index (χ0v) is 15.7. The molecule has 0 amide bonds. The van der Waals surface area contributed by atoms with Crippen molar-refractivity contribution >= 4 is 15.7 Å². The van der Waals surface area contributed by atoms with Gasteiger partial charge in [0, 0.05) is 6.04 Å². The molecule has 3 nitrogen and oxygen atoms in total. The van der Waals surface area contributed by atoms with Crippen molar-refractivity contribution in [2.75, 3.05) is 4.31 Å². The van der Waals surface area contributed by atoms with E-state index in [1.807, 2.05) is 19.1 Å². The second kappa shape index (κ2) is 6.79. The molecular weight excluding hydrogens is 337 g/mol. The van der Waals surface area contributed by atoms with Gasteiger partial charge in [-0.2, -0.15) is 0 Å². The van der Waals surface area contributed by atoms with Gasteiger partial charge in [-0.3, -0.25) is 4.31 Å². The van der Waals surface area contributed by atoms with Crippen molar-refractivity contribution in [1.29, 1.82) is 0 Å². The predicted octanol–water partition coefficient (Wildman–Crippen LogP) is 4.55. The van der Waals surface area contributed by atoms with Gasteiger partial charge in [-0.1, -0.05) is 32.0 Å². The fourth-order valence-electron chi connectivity index (χ4n) is 3.42.